The molecule has 7 nitrogen and oxygen atoms in total. The normalized spacial score (nSPS) is 12.8. The maximum Gasteiger partial charge on any atom is 0.417 e. The van der Waals surface area contributed by atoms with E-state index in [1.807, 2.05) is 44.2 Å². The number of hydrogen-bond donors (Lipinski definition) is 1. The third-order valence-electron chi connectivity index (χ3n) is 5.78. The Labute approximate surface area is 227 Å². The summed E-state index contributed by atoms with van der Waals surface area (Å²) in [6, 6.07) is 11.0. The van der Waals surface area contributed by atoms with Crippen molar-refractivity contribution in [2.24, 2.45) is 5.92 Å². The van der Waals surface area contributed by atoms with Crippen molar-refractivity contribution < 1.29 is 31.2 Å². The summed E-state index contributed by atoms with van der Waals surface area (Å²) in [5.41, 5.74) is -0.689. The van der Waals surface area contributed by atoms with Gasteiger partial charge in [-0.2, -0.15) is 13.2 Å². The molecule has 0 radical (unpaired) electrons. The number of anilines is 1. The Kier molecular flexibility index (Phi) is 11.0. The van der Waals surface area contributed by atoms with E-state index in [-0.39, 0.29) is 30.5 Å². The highest BCUT2D eigenvalue weighted by atomic mass is 35.5. The highest BCUT2D eigenvalue weighted by Crippen LogP contribution is 2.37. The average Bonchev–Trinajstić information content (AvgIpc) is 2.83. The molecule has 2 aromatic carbocycles. The Morgan fingerprint density at radius 2 is 1.71 bits per heavy atom. The summed E-state index contributed by atoms with van der Waals surface area (Å²) in [6.07, 6.45) is -3.39. The topological polar surface area (TPSA) is 86.8 Å². The van der Waals surface area contributed by atoms with Crippen molar-refractivity contribution >= 4 is 39.1 Å². The van der Waals surface area contributed by atoms with Crippen molar-refractivity contribution in [1.82, 2.24) is 10.2 Å². The fraction of sp³-hybridized carbons (Fsp3) is 0.462. The minimum Gasteiger partial charge on any atom is -0.354 e. The molecule has 1 atom stereocenters. The van der Waals surface area contributed by atoms with Gasteiger partial charge in [-0.05, 0) is 42.5 Å². The lowest BCUT2D eigenvalue weighted by atomic mass is 10.1. The first-order chi connectivity index (χ1) is 17.6. The van der Waals surface area contributed by atoms with Gasteiger partial charge in [0.2, 0.25) is 21.8 Å². The Balaban J connectivity index is 2.44. The molecule has 38 heavy (non-hydrogen) atoms. The second-order valence-electron chi connectivity index (χ2n) is 9.32. The molecule has 2 rings (SSSR count). The molecule has 0 aliphatic heterocycles. The lowest BCUT2D eigenvalue weighted by molar-refractivity contribution is -0.139. The van der Waals surface area contributed by atoms with Gasteiger partial charge in [-0.15, -0.1) is 0 Å². The van der Waals surface area contributed by atoms with Gasteiger partial charge in [-0.1, -0.05) is 62.7 Å². The smallest absolute Gasteiger partial charge is 0.354 e. The number of rotatable bonds is 12. The van der Waals surface area contributed by atoms with Gasteiger partial charge in [0.15, 0.2) is 0 Å². The quantitative estimate of drug-likeness (QED) is 0.396. The van der Waals surface area contributed by atoms with Crippen LogP contribution in [0.4, 0.5) is 18.9 Å². The first kappa shape index (κ1) is 31.4. The molecule has 0 fully saturated rings. The highest BCUT2D eigenvalue weighted by molar-refractivity contribution is 7.92. The lowest BCUT2D eigenvalue weighted by Crippen LogP contribution is -2.53. The summed E-state index contributed by atoms with van der Waals surface area (Å²) in [5, 5.41) is 2.21. The Hall–Kier alpha value is -2.79. The third kappa shape index (κ3) is 8.90. The molecule has 0 unspecified atom stereocenters. The second-order valence-corrected chi connectivity index (χ2v) is 11.6. The van der Waals surface area contributed by atoms with Crippen LogP contribution in [-0.4, -0.2) is 57.1 Å². The van der Waals surface area contributed by atoms with Crippen molar-refractivity contribution in [3.63, 3.8) is 0 Å². The van der Waals surface area contributed by atoms with Crippen LogP contribution in [-0.2, 0) is 32.2 Å². The molecule has 0 aliphatic carbocycles. The number of alkyl halides is 3. The summed E-state index contributed by atoms with van der Waals surface area (Å²) >= 11 is 5.69. The average molecular weight is 576 g/mol. The van der Waals surface area contributed by atoms with Crippen LogP contribution in [0.25, 0.3) is 0 Å². The van der Waals surface area contributed by atoms with E-state index in [0.29, 0.717) is 23.3 Å². The first-order valence-corrected chi connectivity index (χ1v) is 14.3. The molecule has 0 saturated heterocycles. The molecule has 1 N–H and O–H groups in total. The molecule has 2 amide bonds. The summed E-state index contributed by atoms with van der Waals surface area (Å²) in [7, 11) is -4.19. The number of sulfonamides is 1. The van der Waals surface area contributed by atoms with Crippen LogP contribution in [0, 0.1) is 5.92 Å². The van der Waals surface area contributed by atoms with Crippen LogP contribution in [0.3, 0.4) is 0 Å². The molecular formula is C26H33ClF3N3O4S. The van der Waals surface area contributed by atoms with Gasteiger partial charge in [0.05, 0.1) is 22.5 Å². The SMILES string of the molecule is CC[C@H](C(=O)NCC(C)C)N(CCc1ccccc1)C(=O)CN(c1ccc(Cl)c(C(F)(F)F)c1)S(C)(=O)=O. The van der Waals surface area contributed by atoms with Gasteiger partial charge in [-0.25, -0.2) is 8.42 Å². The minimum absolute atomic E-state index is 0.0997. The van der Waals surface area contributed by atoms with Gasteiger partial charge in [0.1, 0.15) is 12.6 Å². The molecule has 0 bridgehead atoms. The summed E-state index contributed by atoms with van der Waals surface area (Å²) in [6.45, 7) is 5.26. The van der Waals surface area contributed by atoms with Crippen molar-refractivity contribution in [3.8, 4) is 0 Å². The van der Waals surface area contributed by atoms with Crippen molar-refractivity contribution in [1.29, 1.82) is 0 Å². The number of carbonyl (C=O) groups excluding carboxylic acids is 2. The third-order valence-corrected chi connectivity index (χ3v) is 7.25. The zero-order valence-electron chi connectivity index (χ0n) is 21.8. The first-order valence-electron chi connectivity index (χ1n) is 12.1. The van der Waals surface area contributed by atoms with Crippen molar-refractivity contribution in [3.05, 3.63) is 64.7 Å². The number of nitrogens with zero attached hydrogens (tertiary/aromatic N) is 2. The van der Waals surface area contributed by atoms with Crippen LogP contribution >= 0.6 is 11.6 Å². The molecule has 0 heterocycles. The number of amides is 2. The summed E-state index contributed by atoms with van der Waals surface area (Å²) in [5.74, 6) is -0.945. The maximum atomic E-state index is 13.6. The molecule has 0 saturated carbocycles. The van der Waals surface area contributed by atoms with E-state index in [0.717, 1.165) is 24.0 Å². The Bertz CT molecular complexity index is 1210. The maximum absolute atomic E-state index is 13.6. The van der Waals surface area contributed by atoms with E-state index in [1.54, 1.807) is 6.92 Å². The fourth-order valence-electron chi connectivity index (χ4n) is 3.82. The van der Waals surface area contributed by atoms with Crippen LogP contribution in [0.2, 0.25) is 5.02 Å². The van der Waals surface area contributed by atoms with E-state index >= 15 is 0 Å². The predicted octanol–water partition coefficient (Wildman–Crippen LogP) is 4.75. The zero-order valence-corrected chi connectivity index (χ0v) is 23.3. The Morgan fingerprint density at radius 3 is 2.24 bits per heavy atom. The van der Waals surface area contributed by atoms with E-state index in [9.17, 15) is 31.2 Å². The number of halogens is 4. The molecule has 0 aliphatic rings. The molecule has 0 spiro atoms. The van der Waals surface area contributed by atoms with E-state index in [4.69, 9.17) is 11.6 Å². The van der Waals surface area contributed by atoms with Gasteiger partial charge < -0.3 is 10.2 Å². The second kappa shape index (κ2) is 13.3. The predicted molar refractivity (Wildman–Crippen MR) is 142 cm³/mol. The molecule has 210 valence electrons. The monoisotopic (exact) mass is 575 g/mol. The van der Waals surface area contributed by atoms with E-state index in [2.05, 4.69) is 5.32 Å². The molecular weight excluding hydrogens is 543 g/mol. The lowest BCUT2D eigenvalue weighted by Gasteiger charge is -2.33. The summed E-state index contributed by atoms with van der Waals surface area (Å²) < 4.78 is 66.2. The largest absolute Gasteiger partial charge is 0.417 e. The fourth-order valence-corrected chi connectivity index (χ4v) is 4.88. The van der Waals surface area contributed by atoms with E-state index in [1.165, 1.54) is 4.90 Å². The van der Waals surface area contributed by atoms with Crippen molar-refractivity contribution in [2.45, 2.75) is 45.8 Å². The molecule has 0 aromatic heterocycles. The van der Waals surface area contributed by atoms with Crippen LogP contribution in [0.15, 0.2) is 48.5 Å². The molecule has 2 aromatic rings. The van der Waals surface area contributed by atoms with Gasteiger partial charge >= 0.3 is 6.18 Å². The van der Waals surface area contributed by atoms with Crippen LogP contribution in [0.5, 0.6) is 0 Å². The van der Waals surface area contributed by atoms with Crippen LogP contribution in [0.1, 0.15) is 38.3 Å². The van der Waals surface area contributed by atoms with Crippen LogP contribution < -0.4 is 9.62 Å². The van der Waals surface area contributed by atoms with Gasteiger partial charge in [0, 0.05) is 13.1 Å². The zero-order chi connectivity index (χ0) is 28.7. The standard InChI is InChI=1S/C26H33ClF3N3O4S/c1-5-23(25(35)31-16-18(2)3)32(14-13-19-9-7-6-8-10-19)24(34)17-33(38(4,36)37)20-11-12-22(27)21(15-20)26(28,29)30/h6-12,15,18,23H,5,13-14,16-17H2,1-4H3,(H,31,35)/t23-/m1/s1. The van der Waals surface area contributed by atoms with E-state index < -0.39 is 45.3 Å². The van der Waals surface area contributed by atoms with Gasteiger partial charge in [-0.3, -0.25) is 13.9 Å². The highest BCUT2D eigenvalue weighted by Gasteiger charge is 2.36. The van der Waals surface area contributed by atoms with Crippen molar-refractivity contribution in [2.75, 3.05) is 30.2 Å². The number of hydrogen-bond acceptors (Lipinski definition) is 4. The summed E-state index contributed by atoms with van der Waals surface area (Å²) in [4.78, 5) is 27.9. The number of nitrogens with one attached hydrogen (secondary N) is 1. The molecule has 12 heteroatoms. The Morgan fingerprint density at radius 1 is 1.08 bits per heavy atom. The number of benzene rings is 2. The number of carbonyl (C=O) groups is 2. The minimum atomic E-state index is -4.83. The van der Waals surface area contributed by atoms with Gasteiger partial charge in [0.25, 0.3) is 0 Å².